The van der Waals surface area contributed by atoms with E-state index in [-0.39, 0.29) is 35.9 Å². The Bertz CT molecular complexity index is 575. The molecule has 0 unspecified atom stereocenters. The molecule has 7 heteroatoms. The fourth-order valence-electron chi connectivity index (χ4n) is 2.82. The molecule has 3 N–H and O–H groups in total. The van der Waals surface area contributed by atoms with Crippen LogP contribution in [-0.4, -0.2) is 43.3 Å². The summed E-state index contributed by atoms with van der Waals surface area (Å²) in [4.78, 5) is 6.53. The quantitative estimate of drug-likeness (QED) is 0.334. The second-order valence-corrected chi connectivity index (χ2v) is 6.97. The first kappa shape index (κ1) is 23.0. The smallest absolute Gasteiger partial charge is 0.191 e. The summed E-state index contributed by atoms with van der Waals surface area (Å²) in [6, 6.07) is 5.32. The molecule has 1 aliphatic rings. The van der Waals surface area contributed by atoms with Crippen molar-refractivity contribution in [1.29, 1.82) is 0 Å². The van der Waals surface area contributed by atoms with E-state index in [1.807, 2.05) is 24.0 Å². The van der Waals surface area contributed by atoms with Crippen LogP contribution in [0.15, 0.2) is 23.2 Å². The second-order valence-electron chi connectivity index (χ2n) is 6.97. The molecule has 1 aromatic carbocycles. The Hall–Kier alpha value is -1.09. The summed E-state index contributed by atoms with van der Waals surface area (Å²) in [7, 11) is 0. The van der Waals surface area contributed by atoms with Gasteiger partial charge in [0.2, 0.25) is 0 Å². The summed E-state index contributed by atoms with van der Waals surface area (Å²) in [5, 5.41) is 16.1. The molecule has 1 heterocycles. The molecule has 0 bridgehead atoms. The van der Waals surface area contributed by atoms with E-state index in [1.54, 1.807) is 6.07 Å². The maximum absolute atomic E-state index is 14.5. The Labute approximate surface area is 173 Å². The lowest BCUT2D eigenvalue weighted by atomic mass is 10.1. The minimum Gasteiger partial charge on any atom is -0.393 e. The standard InChI is InChI=1S/C19H31FN4O.HI/c1-4-21-19(22-12-14(2)3)23-13-15-5-6-18(17(20)11-15)24-9-7-16(25)8-10-24;/h5-6,11,14,16,25H,4,7-10,12-13H2,1-3H3,(H2,21,22,23);1H. The van der Waals surface area contributed by atoms with Crippen LogP contribution in [0.5, 0.6) is 0 Å². The molecule has 0 aromatic heterocycles. The largest absolute Gasteiger partial charge is 0.393 e. The zero-order chi connectivity index (χ0) is 18.2. The number of piperidine rings is 1. The van der Waals surface area contributed by atoms with Gasteiger partial charge in [-0.2, -0.15) is 0 Å². The molecule has 1 fully saturated rings. The molecule has 148 valence electrons. The lowest BCUT2D eigenvalue weighted by Gasteiger charge is -2.31. The second kappa shape index (κ2) is 11.6. The summed E-state index contributed by atoms with van der Waals surface area (Å²) in [5.74, 6) is 1.07. The fraction of sp³-hybridized carbons (Fsp3) is 0.632. The number of hydrogen-bond acceptors (Lipinski definition) is 3. The number of nitrogens with zero attached hydrogens (tertiary/aromatic N) is 2. The first-order valence-electron chi connectivity index (χ1n) is 9.23. The van der Waals surface area contributed by atoms with Gasteiger partial charge in [0.1, 0.15) is 5.82 Å². The lowest BCUT2D eigenvalue weighted by Crippen LogP contribution is -2.39. The van der Waals surface area contributed by atoms with Crippen LogP contribution in [0.1, 0.15) is 39.2 Å². The molecule has 1 saturated heterocycles. The van der Waals surface area contributed by atoms with E-state index in [0.717, 1.165) is 24.6 Å². The third-order valence-corrected chi connectivity index (χ3v) is 4.26. The van der Waals surface area contributed by atoms with Gasteiger partial charge in [-0.3, -0.25) is 0 Å². The minimum atomic E-state index is -0.254. The number of aliphatic imine (C=N–C) groups is 1. The summed E-state index contributed by atoms with van der Waals surface area (Å²) < 4.78 is 14.5. The normalized spacial score (nSPS) is 15.8. The zero-order valence-electron chi connectivity index (χ0n) is 16.0. The third-order valence-electron chi connectivity index (χ3n) is 4.26. The minimum absolute atomic E-state index is 0. The maximum Gasteiger partial charge on any atom is 0.191 e. The van der Waals surface area contributed by atoms with Gasteiger partial charge in [0.15, 0.2) is 5.96 Å². The highest BCUT2D eigenvalue weighted by molar-refractivity contribution is 14.0. The SMILES string of the molecule is CCNC(=NCc1ccc(N2CCC(O)CC2)c(F)c1)NCC(C)C.I. The van der Waals surface area contributed by atoms with Gasteiger partial charge in [0.25, 0.3) is 0 Å². The van der Waals surface area contributed by atoms with Gasteiger partial charge in [-0.15, -0.1) is 24.0 Å². The molecule has 0 aliphatic carbocycles. The van der Waals surface area contributed by atoms with Crippen molar-refractivity contribution in [3.63, 3.8) is 0 Å². The van der Waals surface area contributed by atoms with Gasteiger partial charge < -0.3 is 20.6 Å². The number of nitrogens with one attached hydrogen (secondary N) is 2. The highest BCUT2D eigenvalue weighted by atomic mass is 127. The number of aliphatic hydroxyl groups excluding tert-OH is 1. The van der Waals surface area contributed by atoms with Crippen molar-refractivity contribution in [2.45, 2.75) is 46.3 Å². The van der Waals surface area contributed by atoms with Crippen molar-refractivity contribution < 1.29 is 9.50 Å². The van der Waals surface area contributed by atoms with Crippen LogP contribution in [0.3, 0.4) is 0 Å². The molecule has 1 aromatic rings. The van der Waals surface area contributed by atoms with Crippen LogP contribution >= 0.6 is 24.0 Å². The van der Waals surface area contributed by atoms with Crippen molar-refractivity contribution in [3.8, 4) is 0 Å². The molecule has 5 nitrogen and oxygen atoms in total. The summed E-state index contributed by atoms with van der Waals surface area (Å²) >= 11 is 0. The van der Waals surface area contributed by atoms with Crippen LogP contribution in [0, 0.1) is 11.7 Å². The number of benzene rings is 1. The van der Waals surface area contributed by atoms with Crippen LogP contribution in [0.4, 0.5) is 10.1 Å². The van der Waals surface area contributed by atoms with E-state index in [9.17, 15) is 9.50 Å². The predicted molar refractivity (Wildman–Crippen MR) is 117 cm³/mol. The Morgan fingerprint density at radius 2 is 2.00 bits per heavy atom. The van der Waals surface area contributed by atoms with Gasteiger partial charge in [0.05, 0.1) is 18.3 Å². The van der Waals surface area contributed by atoms with Crippen LogP contribution < -0.4 is 15.5 Å². The van der Waals surface area contributed by atoms with Crippen molar-refractivity contribution in [2.75, 3.05) is 31.1 Å². The van der Waals surface area contributed by atoms with E-state index in [1.165, 1.54) is 0 Å². The van der Waals surface area contributed by atoms with Gasteiger partial charge >= 0.3 is 0 Å². The topological polar surface area (TPSA) is 59.9 Å². The first-order chi connectivity index (χ1) is 12.0. The van der Waals surface area contributed by atoms with Crippen LogP contribution in [-0.2, 0) is 6.54 Å². The van der Waals surface area contributed by atoms with E-state index in [0.29, 0.717) is 44.1 Å². The zero-order valence-corrected chi connectivity index (χ0v) is 18.3. The monoisotopic (exact) mass is 478 g/mol. The van der Waals surface area contributed by atoms with Crippen LogP contribution in [0.2, 0.25) is 0 Å². The molecular formula is C19H32FIN4O. The van der Waals surface area contributed by atoms with E-state index >= 15 is 0 Å². The maximum atomic E-state index is 14.5. The average molecular weight is 478 g/mol. The molecule has 0 amide bonds. The first-order valence-corrected chi connectivity index (χ1v) is 9.23. The highest BCUT2D eigenvalue weighted by Gasteiger charge is 2.19. The average Bonchev–Trinajstić information content (AvgIpc) is 2.58. The number of rotatable bonds is 6. The predicted octanol–water partition coefficient (Wildman–Crippen LogP) is 3.12. The number of guanidine groups is 1. The molecule has 0 atom stereocenters. The van der Waals surface area contributed by atoms with Gasteiger partial charge in [-0.25, -0.2) is 9.38 Å². The van der Waals surface area contributed by atoms with E-state index in [4.69, 9.17) is 0 Å². The number of hydrogen-bond donors (Lipinski definition) is 3. The van der Waals surface area contributed by atoms with Crippen LogP contribution in [0.25, 0.3) is 0 Å². The number of halogens is 2. The van der Waals surface area contributed by atoms with Crippen molar-refractivity contribution in [2.24, 2.45) is 10.9 Å². The van der Waals surface area contributed by atoms with E-state index in [2.05, 4.69) is 29.5 Å². The Balaban J connectivity index is 0.00000338. The van der Waals surface area contributed by atoms with Crippen molar-refractivity contribution >= 4 is 35.6 Å². The molecule has 2 rings (SSSR count). The number of aliphatic hydroxyl groups is 1. The highest BCUT2D eigenvalue weighted by Crippen LogP contribution is 2.24. The molecule has 26 heavy (non-hydrogen) atoms. The molecule has 0 spiro atoms. The molecule has 1 aliphatic heterocycles. The van der Waals surface area contributed by atoms with Gasteiger partial charge in [0, 0.05) is 26.2 Å². The fourth-order valence-corrected chi connectivity index (χ4v) is 2.82. The molecular weight excluding hydrogens is 446 g/mol. The van der Waals surface area contributed by atoms with Crippen molar-refractivity contribution in [3.05, 3.63) is 29.6 Å². The Morgan fingerprint density at radius 1 is 1.31 bits per heavy atom. The Morgan fingerprint density at radius 3 is 2.58 bits per heavy atom. The molecule has 0 saturated carbocycles. The summed E-state index contributed by atoms with van der Waals surface area (Å²) in [5.41, 5.74) is 1.46. The lowest BCUT2D eigenvalue weighted by molar-refractivity contribution is 0.145. The van der Waals surface area contributed by atoms with Gasteiger partial charge in [-0.05, 0) is 43.4 Å². The summed E-state index contributed by atoms with van der Waals surface area (Å²) in [6.45, 7) is 9.77. The van der Waals surface area contributed by atoms with Gasteiger partial charge in [-0.1, -0.05) is 19.9 Å². The molecule has 0 radical (unpaired) electrons. The van der Waals surface area contributed by atoms with Crippen molar-refractivity contribution in [1.82, 2.24) is 10.6 Å². The Kier molecular flexibility index (Phi) is 10.2. The number of anilines is 1. The summed E-state index contributed by atoms with van der Waals surface area (Å²) in [6.07, 6.45) is 1.13. The third kappa shape index (κ3) is 7.26. The van der Waals surface area contributed by atoms with E-state index < -0.39 is 0 Å².